The molecule has 0 N–H and O–H groups in total. The lowest BCUT2D eigenvalue weighted by atomic mass is 10.1. The van der Waals surface area contributed by atoms with Crippen LogP contribution >= 0.6 is 15.9 Å². The monoisotopic (exact) mass is 318 g/mol. The number of hydrogen-bond donors (Lipinski definition) is 0. The van der Waals surface area contributed by atoms with Gasteiger partial charge in [-0.3, -0.25) is 4.79 Å². The molecule has 19 heavy (non-hydrogen) atoms. The van der Waals surface area contributed by atoms with Crippen LogP contribution in [0, 0.1) is 13.8 Å². The Labute approximate surface area is 121 Å². The predicted octanol–water partition coefficient (Wildman–Crippen LogP) is 5.06. The maximum atomic E-state index is 11.7. The molecule has 3 heteroatoms. The van der Waals surface area contributed by atoms with Crippen LogP contribution in [0.4, 0.5) is 0 Å². The van der Waals surface area contributed by atoms with E-state index in [2.05, 4.69) is 15.9 Å². The highest BCUT2D eigenvalue weighted by molar-refractivity contribution is 9.10. The molecule has 0 heterocycles. The van der Waals surface area contributed by atoms with Crippen molar-refractivity contribution in [3.63, 3.8) is 0 Å². The van der Waals surface area contributed by atoms with E-state index in [4.69, 9.17) is 4.74 Å². The number of carbonyl (C=O) groups excluding carboxylic acids is 1. The van der Waals surface area contributed by atoms with Crippen molar-refractivity contribution >= 4 is 21.7 Å². The fourth-order valence-electron chi connectivity index (χ4n) is 1.80. The molecule has 0 saturated heterocycles. The molecule has 0 aliphatic heterocycles. The minimum Gasteiger partial charge on any atom is -0.456 e. The molecule has 0 saturated carbocycles. The summed E-state index contributed by atoms with van der Waals surface area (Å²) in [5.41, 5.74) is 2.75. The van der Waals surface area contributed by atoms with Gasteiger partial charge in [-0.05, 0) is 56.2 Å². The van der Waals surface area contributed by atoms with Crippen LogP contribution in [0.3, 0.4) is 0 Å². The molecule has 0 aliphatic carbocycles. The molecule has 2 aromatic carbocycles. The highest BCUT2D eigenvalue weighted by Gasteiger charge is 2.11. The van der Waals surface area contributed by atoms with E-state index in [-0.39, 0.29) is 5.78 Å². The first-order valence-corrected chi connectivity index (χ1v) is 6.82. The van der Waals surface area contributed by atoms with E-state index in [0.717, 1.165) is 21.3 Å². The second kappa shape index (κ2) is 5.57. The van der Waals surface area contributed by atoms with Crippen molar-refractivity contribution < 1.29 is 9.53 Å². The Hall–Kier alpha value is -1.61. The van der Waals surface area contributed by atoms with Crippen molar-refractivity contribution in [2.75, 3.05) is 0 Å². The quantitative estimate of drug-likeness (QED) is 0.739. The van der Waals surface area contributed by atoms with Gasteiger partial charge in [0.2, 0.25) is 0 Å². The van der Waals surface area contributed by atoms with Gasteiger partial charge in [-0.25, -0.2) is 0 Å². The van der Waals surface area contributed by atoms with Gasteiger partial charge in [-0.2, -0.15) is 0 Å². The third kappa shape index (κ3) is 3.24. The highest BCUT2D eigenvalue weighted by Crippen LogP contribution is 2.30. The fourth-order valence-corrected chi connectivity index (χ4v) is 2.16. The van der Waals surface area contributed by atoms with Gasteiger partial charge in [0.1, 0.15) is 11.5 Å². The number of ether oxygens (including phenoxy) is 1. The standard InChI is InChI=1S/C16H15BrO2/c1-10-4-5-11(2)16(8-10)19-15-7-6-13(17)9-14(15)12(3)18/h4-9H,1-3H3. The topological polar surface area (TPSA) is 26.3 Å². The number of carbonyl (C=O) groups is 1. The number of halogens is 1. The smallest absolute Gasteiger partial charge is 0.163 e. The molecule has 0 aromatic heterocycles. The Morgan fingerprint density at radius 2 is 1.79 bits per heavy atom. The van der Waals surface area contributed by atoms with Crippen LogP contribution in [0.1, 0.15) is 28.4 Å². The SMILES string of the molecule is CC(=O)c1cc(Br)ccc1Oc1cc(C)ccc1C. The summed E-state index contributed by atoms with van der Waals surface area (Å²) in [5, 5.41) is 0. The number of benzene rings is 2. The summed E-state index contributed by atoms with van der Waals surface area (Å²) in [6.45, 7) is 5.54. The molecule has 0 amide bonds. The van der Waals surface area contributed by atoms with Crippen LogP contribution in [0.5, 0.6) is 11.5 Å². The summed E-state index contributed by atoms with van der Waals surface area (Å²) in [4.78, 5) is 11.7. The van der Waals surface area contributed by atoms with Crippen molar-refractivity contribution in [2.24, 2.45) is 0 Å². The van der Waals surface area contributed by atoms with Crippen molar-refractivity contribution in [2.45, 2.75) is 20.8 Å². The normalized spacial score (nSPS) is 10.3. The van der Waals surface area contributed by atoms with E-state index >= 15 is 0 Å². The average Bonchev–Trinajstić information content (AvgIpc) is 2.35. The van der Waals surface area contributed by atoms with Crippen LogP contribution < -0.4 is 4.74 Å². The number of aryl methyl sites for hydroxylation is 2. The van der Waals surface area contributed by atoms with E-state index in [0.29, 0.717) is 11.3 Å². The minimum atomic E-state index is -0.0124. The van der Waals surface area contributed by atoms with Crippen molar-refractivity contribution in [1.82, 2.24) is 0 Å². The van der Waals surface area contributed by atoms with E-state index in [9.17, 15) is 4.79 Å². The van der Waals surface area contributed by atoms with Crippen molar-refractivity contribution in [3.05, 3.63) is 57.6 Å². The van der Waals surface area contributed by atoms with E-state index in [1.54, 1.807) is 6.07 Å². The summed E-state index contributed by atoms with van der Waals surface area (Å²) < 4.78 is 6.76. The molecule has 2 rings (SSSR count). The maximum absolute atomic E-state index is 11.7. The van der Waals surface area contributed by atoms with Gasteiger partial charge in [0, 0.05) is 4.47 Å². The summed E-state index contributed by atoms with van der Waals surface area (Å²) in [6.07, 6.45) is 0. The molecule has 0 fully saturated rings. The van der Waals surface area contributed by atoms with Crippen LogP contribution in [-0.2, 0) is 0 Å². The van der Waals surface area contributed by atoms with Gasteiger partial charge >= 0.3 is 0 Å². The third-order valence-corrected chi connectivity index (χ3v) is 3.38. The van der Waals surface area contributed by atoms with Crippen LogP contribution in [0.25, 0.3) is 0 Å². The first kappa shape index (κ1) is 13.8. The molecule has 0 bridgehead atoms. The summed E-state index contributed by atoms with van der Waals surface area (Å²) in [6, 6.07) is 11.5. The summed E-state index contributed by atoms with van der Waals surface area (Å²) in [7, 11) is 0. The molecule has 2 aromatic rings. The van der Waals surface area contributed by atoms with Gasteiger partial charge in [0.15, 0.2) is 5.78 Å². The maximum Gasteiger partial charge on any atom is 0.163 e. The minimum absolute atomic E-state index is 0.0124. The van der Waals surface area contributed by atoms with Crippen molar-refractivity contribution in [1.29, 1.82) is 0 Å². The molecule has 0 aliphatic rings. The van der Waals surface area contributed by atoms with Gasteiger partial charge in [-0.15, -0.1) is 0 Å². The Kier molecular flexibility index (Phi) is 4.05. The average molecular weight is 319 g/mol. The van der Waals surface area contributed by atoms with E-state index in [1.807, 2.05) is 44.2 Å². The van der Waals surface area contributed by atoms with Crippen molar-refractivity contribution in [3.8, 4) is 11.5 Å². The zero-order valence-corrected chi connectivity index (χ0v) is 12.7. The molecule has 0 atom stereocenters. The first-order valence-electron chi connectivity index (χ1n) is 6.03. The number of ketones is 1. The summed E-state index contributed by atoms with van der Waals surface area (Å²) >= 11 is 3.37. The van der Waals surface area contributed by atoms with E-state index in [1.165, 1.54) is 6.92 Å². The predicted molar refractivity (Wildman–Crippen MR) is 80.1 cm³/mol. The molecule has 0 spiro atoms. The lowest BCUT2D eigenvalue weighted by Crippen LogP contribution is -1.98. The Bertz CT molecular complexity index is 633. The van der Waals surface area contributed by atoms with E-state index < -0.39 is 0 Å². The Morgan fingerprint density at radius 3 is 2.47 bits per heavy atom. The van der Waals surface area contributed by atoms with Gasteiger partial charge < -0.3 is 4.74 Å². The van der Waals surface area contributed by atoms with Gasteiger partial charge in [0.05, 0.1) is 5.56 Å². The molecule has 98 valence electrons. The third-order valence-electron chi connectivity index (χ3n) is 2.88. The second-order valence-corrected chi connectivity index (χ2v) is 5.48. The molecular formula is C16H15BrO2. The Morgan fingerprint density at radius 1 is 1.05 bits per heavy atom. The highest BCUT2D eigenvalue weighted by atomic mass is 79.9. The zero-order valence-electron chi connectivity index (χ0n) is 11.2. The molecule has 0 unspecified atom stereocenters. The van der Waals surface area contributed by atoms with Gasteiger partial charge in [0.25, 0.3) is 0 Å². The second-order valence-electron chi connectivity index (χ2n) is 4.57. The zero-order chi connectivity index (χ0) is 14.0. The first-order chi connectivity index (χ1) is 8.97. The molecule has 2 nitrogen and oxygen atoms in total. The molecule has 0 radical (unpaired) electrons. The lowest BCUT2D eigenvalue weighted by Gasteiger charge is -2.12. The number of Topliss-reactive ketones (excluding diaryl/α,β-unsaturated/α-hetero) is 1. The van der Waals surface area contributed by atoms with Crippen LogP contribution in [0.2, 0.25) is 0 Å². The van der Waals surface area contributed by atoms with Crippen LogP contribution in [0.15, 0.2) is 40.9 Å². The number of rotatable bonds is 3. The molecular weight excluding hydrogens is 304 g/mol. The Balaban J connectivity index is 2.43. The largest absolute Gasteiger partial charge is 0.456 e. The summed E-state index contributed by atoms with van der Waals surface area (Å²) in [5.74, 6) is 1.36. The lowest BCUT2D eigenvalue weighted by molar-refractivity contribution is 0.101. The number of hydrogen-bond acceptors (Lipinski definition) is 2. The van der Waals surface area contributed by atoms with Crippen LogP contribution in [-0.4, -0.2) is 5.78 Å². The van der Waals surface area contributed by atoms with Gasteiger partial charge in [-0.1, -0.05) is 28.1 Å². The fraction of sp³-hybridized carbons (Fsp3) is 0.188.